The molecule has 0 aromatic heterocycles. The Morgan fingerprint density at radius 1 is 1.09 bits per heavy atom. The summed E-state index contributed by atoms with van der Waals surface area (Å²) in [5, 5.41) is 2.75. The zero-order valence-corrected chi connectivity index (χ0v) is 18.5. The first-order valence-electron chi connectivity index (χ1n) is 10.7. The monoisotopic (exact) mass is 437 g/mol. The first-order chi connectivity index (χ1) is 15.3. The molecule has 1 saturated heterocycles. The van der Waals surface area contributed by atoms with Gasteiger partial charge in [-0.05, 0) is 44.0 Å². The number of amides is 4. The van der Waals surface area contributed by atoms with Gasteiger partial charge in [0.05, 0.1) is 0 Å². The lowest BCUT2D eigenvalue weighted by Crippen LogP contribution is -2.46. The highest BCUT2D eigenvalue weighted by Crippen LogP contribution is 2.36. The molecular formula is C24H27N3O5. The van der Waals surface area contributed by atoms with E-state index in [2.05, 4.69) is 5.32 Å². The van der Waals surface area contributed by atoms with Crippen molar-refractivity contribution >= 4 is 17.8 Å². The SMILES string of the molecule is CC(C)N(Cc1ccccc1)C(=O)CN1C(=O)N[C@](C)(c2ccc3c(c2)OCCO3)C1=O. The zero-order chi connectivity index (χ0) is 22.9. The van der Waals surface area contributed by atoms with Gasteiger partial charge in [0.15, 0.2) is 11.5 Å². The Morgan fingerprint density at radius 3 is 2.47 bits per heavy atom. The van der Waals surface area contributed by atoms with E-state index in [4.69, 9.17) is 9.47 Å². The minimum atomic E-state index is -1.30. The zero-order valence-electron chi connectivity index (χ0n) is 18.5. The number of urea groups is 1. The first kappa shape index (κ1) is 21.7. The van der Waals surface area contributed by atoms with Crippen molar-refractivity contribution in [3.05, 3.63) is 59.7 Å². The van der Waals surface area contributed by atoms with Gasteiger partial charge >= 0.3 is 6.03 Å². The van der Waals surface area contributed by atoms with Gasteiger partial charge in [0.2, 0.25) is 5.91 Å². The molecule has 8 heteroatoms. The Kier molecular flexibility index (Phi) is 5.78. The van der Waals surface area contributed by atoms with E-state index in [1.165, 1.54) is 0 Å². The molecular weight excluding hydrogens is 410 g/mol. The van der Waals surface area contributed by atoms with Gasteiger partial charge in [-0.25, -0.2) is 4.79 Å². The number of carbonyl (C=O) groups is 3. The molecule has 2 aromatic rings. The van der Waals surface area contributed by atoms with E-state index in [1.807, 2.05) is 44.2 Å². The summed E-state index contributed by atoms with van der Waals surface area (Å²) in [6, 6.07) is 14.1. The maximum atomic E-state index is 13.3. The summed E-state index contributed by atoms with van der Waals surface area (Å²) in [5.41, 5.74) is 0.253. The second-order valence-corrected chi connectivity index (χ2v) is 8.41. The van der Waals surface area contributed by atoms with E-state index >= 15 is 0 Å². The van der Waals surface area contributed by atoms with Crippen molar-refractivity contribution in [1.29, 1.82) is 0 Å². The highest BCUT2D eigenvalue weighted by atomic mass is 16.6. The Hall–Kier alpha value is -3.55. The van der Waals surface area contributed by atoms with Crippen molar-refractivity contribution in [2.24, 2.45) is 0 Å². The van der Waals surface area contributed by atoms with E-state index in [1.54, 1.807) is 30.0 Å². The van der Waals surface area contributed by atoms with Gasteiger partial charge < -0.3 is 19.7 Å². The van der Waals surface area contributed by atoms with Gasteiger partial charge in [0, 0.05) is 12.6 Å². The number of rotatable bonds is 6. The normalized spacial score (nSPS) is 19.8. The lowest BCUT2D eigenvalue weighted by atomic mass is 9.91. The van der Waals surface area contributed by atoms with Gasteiger partial charge in [-0.1, -0.05) is 36.4 Å². The number of hydrogen-bond acceptors (Lipinski definition) is 5. The fraction of sp³-hybridized carbons (Fsp3) is 0.375. The average Bonchev–Trinajstić information content (AvgIpc) is 3.01. The predicted octanol–water partition coefficient (Wildman–Crippen LogP) is 2.66. The van der Waals surface area contributed by atoms with Crippen LogP contribution >= 0.6 is 0 Å². The lowest BCUT2D eigenvalue weighted by molar-refractivity contribution is -0.140. The fourth-order valence-corrected chi connectivity index (χ4v) is 3.96. The maximum absolute atomic E-state index is 13.3. The number of imide groups is 1. The molecule has 1 fully saturated rings. The molecule has 1 atom stereocenters. The number of benzene rings is 2. The van der Waals surface area contributed by atoms with Crippen LogP contribution in [0.5, 0.6) is 11.5 Å². The summed E-state index contributed by atoms with van der Waals surface area (Å²) in [7, 11) is 0. The van der Waals surface area contributed by atoms with E-state index in [9.17, 15) is 14.4 Å². The van der Waals surface area contributed by atoms with Crippen LogP contribution in [0.4, 0.5) is 4.79 Å². The van der Waals surface area contributed by atoms with Gasteiger partial charge in [-0.3, -0.25) is 14.5 Å². The summed E-state index contributed by atoms with van der Waals surface area (Å²) < 4.78 is 11.1. The minimum absolute atomic E-state index is 0.0901. The van der Waals surface area contributed by atoms with Crippen molar-refractivity contribution in [3.63, 3.8) is 0 Å². The van der Waals surface area contributed by atoms with Crippen LogP contribution in [0, 0.1) is 0 Å². The Morgan fingerprint density at radius 2 is 1.78 bits per heavy atom. The van der Waals surface area contributed by atoms with Crippen LogP contribution < -0.4 is 14.8 Å². The van der Waals surface area contributed by atoms with Gasteiger partial charge in [0.1, 0.15) is 25.3 Å². The molecule has 0 spiro atoms. The first-order valence-corrected chi connectivity index (χ1v) is 10.7. The second-order valence-electron chi connectivity index (χ2n) is 8.41. The number of hydrogen-bond donors (Lipinski definition) is 1. The molecule has 168 valence electrons. The average molecular weight is 437 g/mol. The molecule has 4 rings (SSSR count). The summed E-state index contributed by atoms with van der Waals surface area (Å²) in [6.07, 6.45) is 0. The predicted molar refractivity (Wildman–Crippen MR) is 117 cm³/mol. The molecule has 2 aliphatic rings. The topological polar surface area (TPSA) is 88.2 Å². The highest BCUT2D eigenvalue weighted by Gasteiger charge is 2.50. The third-order valence-corrected chi connectivity index (χ3v) is 5.83. The third kappa shape index (κ3) is 4.00. The quantitative estimate of drug-likeness (QED) is 0.702. The van der Waals surface area contributed by atoms with Crippen molar-refractivity contribution in [2.45, 2.75) is 38.9 Å². The Balaban J connectivity index is 1.52. The van der Waals surface area contributed by atoms with Crippen molar-refractivity contribution < 1.29 is 23.9 Å². The molecule has 32 heavy (non-hydrogen) atoms. The van der Waals surface area contributed by atoms with Crippen LogP contribution in [-0.2, 0) is 21.7 Å². The van der Waals surface area contributed by atoms with Crippen LogP contribution in [0.3, 0.4) is 0 Å². The van der Waals surface area contributed by atoms with Crippen LogP contribution in [0.15, 0.2) is 48.5 Å². The van der Waals surface area contributed by atoms with Crippen LogP contribution in [0.2, 0.25) is 0 Å². The smallest absolute Gasteiger partial charge is 0.325 e. The third-order valence-electron chi connectivity index (χ3n) is 5.83. The Bertz CT molecular complexity index is 1040. The fourth-order valence-electron chi connectivity index (χ4n) is 3.96. The van der Waals surface area contributed by atoms with Crippen molar-refractivity contribution in [3.8, 4) is 11.5 Å². The number of nitrogens with one attached hydrogen (secondary N) is 1. The van der Waals surface area contributed by atoms with Crippen LogP contribution in [0.25, 0.3) is 0 Å². The highest BCUT2D eigenvalue weighted by molar-refractivity contribution is 6.09. The van der Waals surface area contributed by atoms with E-state index in [0.717, 1.165) is 10.5 Å². The summed E-state index contributed by atoms with van der Waals surface area (Å²) >= 11 is 0. The molecule has 2 heterocycles. The molecule has 0 aliphatic carbocycles. The van der Waals surface area contributed by atoms with E-state index < -0.39 is 17.5 Å². The molecule has 0 bridgehead atoms. The molecule has 0 unspecified atom stereocenters. The molecule has 4 amide bonds. The van der Waals surface area contributed by atoms with Crippen molar-refractivity contribution in [1.82, 2.24) is 15.1 Å². The Labute approximate surface area is 187 Å². The number of ether oxygens (including phenoxy) is 2. The van der Waals surface area contributed by atoms with Gasteiger partial charge in [-0.2, -0.15) is 0 Å². The molecule has 2 aromatic carbocycles. The largest absolute Gasteiger partial charge is 0.486 e. The van der Waals surface area contributed by atoms with Crippen molar-refractivity contribution in [2.75, 3.05) is 19.8 Å². The molecule has 2 aliphatic heterocycles. The minimum Gasteiger partial charge on any atom is -0.486 e. The standard InChI is InChI=1S/C24H27N3O5/c1-16(2)26(14-17-7-5-4-6-8-17)21(28)15-27-22(29)24(3,25-23(27)30)18-9-10-19-20(13-18)32-12-11-31-19/h4-10,13,16H,11-12,14-15H2,1-3H3,(H,25,30)/t24-/m1/s1. The molecule has 8 nitrogen and oxygen atoms in total. The molecule has 0 saturated carbocycles. The van der Waals surface area contributed by atoms with Gasteiger partial charge in [-0.15, -0.1) is 0 Å². The molecule has 1 N–H and O–H groups in total. The number of fused-ring (bicyclic) bond motifs is 1. The summed E-state index contributed by atoms with van der Waals surface area (Å²) in [6.45, 7) is 6.41. The molecule has 0 radical (unpaired) electrons. The van der Waals surface area contributed by atoms with Crippen LogP contribution in [-0.4, -0.2) is 53.4 Å². The maximum Gasteiger partial charge on any atom is 0.325 e. The van der Waals surface area contributed by atoms with E-state index in [-0.39, 0.29) is 18.5 Å². The second kappa shape index (κ2) is 8.53. The van der Waals surface area contributed by atoms with Gasteiger partial charge in [0.25, 0.3) is 5.91 Å². The summed E-state index contributed by atoms with van der Waals surface area (Å²) in [5.74, 6) is 0.357. The lowest BCUT2D eigenvalue weighted by Gasteiger charge is -2.29. The summed E-state index contributed by atoms with van der Waals surface area (Å²) in [4.78, 5) is 41.7. The van der Waals surface area contributed by atoms with Crippen LogP contribution in [0.1, 0.15) is 31.9 Å². The number of carbonyl (C=O) groups excluding carboxylic acids is 3. The van der Waals surface area contributed by atoms with E-state index in [0.29, 0.717) is 36.8 Å². The number of nitrogens with zero attached hydrogens (tertiary/aromatic N) is 2.